The number of hydrogen-bond acceptors (Lipinski definition) is 2. The molecule has 0 bridgehead atoms. The maximum absolute atomic E-state index is 5.21. The molecule has 72 valence electrons. The molecule has 0 heterocycles. The standard InChI is InChI=1S/C10H15NO2/c1-7(11)9-6-8(12-2)4-5-10(9)13-3/h4-7H,11H2,1-3H3/p+1/t7-/m1/s1. The predicted molar refractivity (Wildman–Crippen MR) is 50.8 cm³/mol. The Morgan fingerprint density at radius 3 is 2.38 bits per heavy atom. The van der Waals surface area contributed by atoms with Crippen LogP contribution in [0.5, 0.6) is 11.5 Å². The van der Waals surface area contributed by atoms with Crippen molar-refractivity contribution in [2.75, 3.05) is 14.2 Å². The average Bonchev–Trinajstić information content (AvgIpc) is 2.16. The quantitative estimate of drug-likeness (QED) is 0.758. The summed E-state index contributed by atoms with van der Waals surface area (Å²) in [7, 11) is 3.31. The molecule has 1 aromatic rings. The minimum absolute atomic E-state index is 0.199. The molecule has 0 amide bonds. The first-order valence-electron chi connectivity index (χ1n) is 4.24. The zero-order valence-electron chi connectivity index (χ0n) is 8.33. The van der Waals surface area contributed by atoms with Crippen LogP contribution < -0.4 is 15.2 Å². The van der Waals surface area contributed by atoms with Gasteiger partial charge in [-0.3, -0.25) is 0 Å². The zero-order chi connectivity index (χ0) is 9.84. The molecule has 0 aliphatic heterocycles. The Morgan fingerprint density at radius 1 is 1.23 bits per heavy atom. The van der Waals surface area contributed by atoms with Crippen LogP contribution in [0.2, 0.25) is 0 Å². The normalized spacial score (nSPS) is 12.3. The molecule has 3 heteroatoms. The van der Waals surface area contributed by atoms with E-state index in [0.29, 0.717) is 0 Å². The van der Waals surface area contributed by atoms with Gasteiger partial charge >= 0.3 is 0 Å². The lowest BCUT2D eigenvalue weighted by molar-refractivity contribution is -0.420. The van der Waals surface area contributed by atoms with Gasteiger partial charge in [0.2, 0.25) is 0 Å². The van der Waals surface area contributed by atoms with E-state index in [4.69, 9.17) is 9.47 Å². The molecule has 0 aliphatic rings. The van der Waals surface area contributed by atoms with Crippen molar-refractivity contribution in [3.8, 4) is 11.5 Å². The molecule has 1 aromatic carbocycles. The van der Waals surface area contributed by atoms with Crippen molar-refractivity contribution in [3.05, 3.63) is 23.8 Å². The lowest BCUT2D eigenvalue weighted by Gasteiger charge is -2.10. The van der Waals surface area contributed by atoms with Crippen molar-refractivity contribution >= 4 is 0 Å². The van der Waals surface area contributed by atoms with Gasteiger partial charge in [-0.1, -0.05) is 0 Å². The summed E-state index contributed by atoms with van der Waals surface area (Å²) in [6.45, 7) is 2.03. The summed E-state index contributed by atoms with van der Waals surface area (Å²) in [6.07, 6.45) is 0. The van der Waals surface area contributed by atoms with E-state index in [1.807, 2.05) is 25.1 Å². The largest absolute Gasteiger partial charge is 0.497 e. The third kappa shape index (κ3) is 2.12. The SMILES string of the molecule is COc1ccc(OC)c([C@@H](C)[NH3+])c1. The minimum Gasteiger partial charge on any atom is -0.497 e. The molecule has 13 heavy (non-hydrogen) atoms. The lowest BCUT2D eigenvalue weighted by atomic mass is 10.1. The topological polar surface area (TPSA) is 46.1 Å². The molecule has 1 atom stereocenters. The Morgan fingerprint density at radius 2 is 1.92 bits per heavy atom. The second kappa shape index (κ2) is 4.14. The molecule has 3 nitrogen and oxygen atoms in total. The van der Waals surface area contributed by atoms with E-state index >= 15 is 0 Å². The highest BCUT2D eigenvalue weighted by atomic mass is 16.5. The third-order valence-corrected chi connectivity index (χ3v) is 1.97. The van der Waals surface area contributed by atoms with Gasteiger partial charge in [-0.15, -0.1) is 0 Å². The Hall–Kier alpha value is -1.22. The Bertz CT molecular complexity index is 284. The summed E-state index contributed by atoms with van der Waals surface area (Å²) in [4.78, 5) is 0. The van der Waals surface area contributed by atoms with Gasteiger partial charge in [0, 0.05) is 0 Å². The molecule has 0 saturated carbocycles. The summed E-state index contributed by atoms with van der Waals surface area (Å²) in [6, 6.07) is 5.93. The van der Waals surface area contributed by atoms with E-state index in [2.05, 4.69) is 5.73 Å². The van der Waals surface area contributed by atoms with Crippen LogP contribution in [0, 0.1) is 0 Å². The number of quaternary nitrogens is 1. The first-order valence-corrected chi connectivity index (χ1v) is 4.24. The van der Waals surface area contributed by atoms with Crippen LogP contribution in [0.4, 0.5) is 0 Å². The first-order chi connectivity index (χ1) is 6.19. The molecule has 0 radical (unpaired) electrons. The van der Waals surface area contributed by atoms with Crippen molar-refractivity contribution < 1.29 is 15.2 Å². The zero-order valence-corrected chi connectivity index (χ0v) is 8.33. The minimum atomic E-state index is 0.199. The third-order valence-electron chi connectivity index (χ3n) is 1.97. The molecule has 0 aliphatic carbocycles. The highest BCUT2D eigenvalue weighted by Gasteiger charge is 2.10. The molecule has 3 N–H and O–H groups in total. The molecule has 0 spiro atoms. The summed E-state index contributed by atoms with van der Waals surface area (Å²) >= 11 is 0. The van der Waals surface area contributed by atoms with Crippen LogP contribution >= 0.6 is 0 Å². The van der Waals surface area contributed by atoms with Crippen molar-refractivity contribution in [2.45, 2.75) is 13.0 Å². The van der Waals surface area contributed by atoms with Gasteiger partial charge in [-0.25, -0.2) is 0 Å². The second-order valence-corrected chi connectivity index (χ2v) is 3.01. The summed E-state index contributed by atoms with van der Waals surface area (Å²) in [5.41, 5.74) is 5.03. The van der Waals surface area contributed by atoms with Crippen molar-refractivity contribution in [1.82, 2.24) is 0 Å². The lowest BCUT2D eigenvalue weighted by Crippen LogP contribution is -2.51. The first kappa shape index (κ1) is 9.86. The molecular formula is C10H16NO2+. The smallest absolute Gasteiger partial charge is 0.128 e. The van der Waals surface area contributed by atoms with Gasteiger partial charge < -0.3 is 15.2 Å². The van der Waals surface area contributed by atoms with E-state index in [-0.39, 0.29) is 6.04 Å². The maximum atomic E-state index is 5.21. The van der Waals surface area contributed by atoms with Crippen molar-refractivity contribution in [2.24, 2.45) is 0 Å². The van der Waals surface area contributed by atoms with Crippen LogP contribution in [0.1, 0.15) is 18.5 Å². The highest BCUT2D eigenvalue weighted by molar-refractivity contribution is 5.41. The van der Waals surface area contributed by atoms with Gasteiger partial charge in [0.15, 0.2) is 0 Å². The monoisotopic (exact) mass is 182 g/mol. The van der Waals surface area contributed by atoms with E-state index in [0.717, 1.165) is 17.1 Å². The number of ether oxygens (including phenoxy) is 2. The molecule has 0 unspecified atom stereocenters. The summed E-state index contributed by atoms with van der Waals surface area (Å²) in [5.74, 6) is 1.70. The van der Waals surface area contributed by atoms with Crippen LogP contribution in [0.15, 0.2) is 18.2 Å². The number of rotatable bonds is 3. The molecule has 0 aromatic heterocycles. The van der Waals surface area contributed by atoms with Crippen LogP contribution in [0.25, 0.3) is 0 Å². The van der Waals surface area contributed by atoms with E-state index < -0.39 is 0 Å². The predicted octanol–water partition coefficient (Wildman–Crippen LogP) is 1.01. The molecular weight excluding hydrogens is 166 g/mol. The van der Waals surface area contributed by atoms with Crippen molar-refractivity contribution in [1.29, 1.82) is 0 Å². The van der Waals surface area contributed by atoms with E-state index in [1.54, 1.807) is 14.2 Å². The molecule has 0 fully saturated rings. The van der Waals surface area contributed by atoms with Crippen LogP contribution in [-0.4, -0.2) is 14.2 Å². The number of methoxy groups -OCH3 is 2. The van der Waals surface area contributed by atoms with Gasteiger partial charge in [0.05, 0.1) is 19.8 Å². The van der Waals surface area contributed by atoms with Crippen molar-refractivity contribution in [3.63, 3.8) is 0 Å². The number of benzene rings is 1. The summed E-state index contributed by atoms with van der Waals surface area (Å²) in [5, 5.41) is 0. The van der Waals surface area contributed by atoms with Gasteiger partial charge in [0.25, 0.3) is 0 Å². The summed E-state index contributed by atoms with van der Waals surface area (Å²) < 4.78 is 10.3. The molecule has 1 rings (SSSR count). The van der Waals surface area contributed by atoms with Gasteiger partial charge in [-0.2, -0.15) is 0 Å². The fourth-order valence-corrected chi connectivity index (χ4v) is 1.22. The Labute approximate surface area is 78.5 Å². The average molecular weight is 182 g/mol. The van der Waals surface area contributed by atoms with Gasteiger partial charge in [-0.05, 0) is 25.1 Å². The van der Waals surface area contributed by atoms with Gasteiger partial charge in [0.1, 0.15) is 17.5 Å². The molecule has 0 saturated heterocycles. The number of hydrogen-bond donors (Lipinski definition) is 1. The van der Waals surface area contributed by atoms with E-state index in [1.165, 1.54) is 0 Å². The van der Waals surface area contributed by atoms with Crippen LogP contribution in [0.3, 0.4) is 0 Å². The van der Waals surface area contributed by atoms with Crippen LogP contribution in [-0.2, 0) is 0 Å². The van der Waals surface area contributed by atoms with E-state index in [9.17, 15) is 0 Å². The maximum Gasteiger partial charge on any atom is 0.128 e. The Kier molecular flexibility index (Phi) is 3.14. The highest BCUT2D eigenvalue weighted by Crippen LogP contribution is 2.26. The second-order valence-electron chi connectivity index (χ2n) is 3.01. The fourth-order valence-electron chi connectivity index (χ4n) is 1.22. The fraction of sp³-hybridized carbons (Fsp3) is 0.400. The Balaban J connectivity index is 3.10.